The van der Waals surface area contributed by atoms with Crippen LogP contribution in [0.4, 0.5) is 5.69 Å². The molecule has 0 atom stereocenters. The summed E-state index contributed by atoms with van der Waals surface area (Å²) in [6.07, 6.45) is 4.54. The summed E-state index contributed by atoms with van der Waals surface area (Å²) in [4.78, 5) is 17.7. The van der Waals surface area contributed by atoms with Crippen LogP contribution in [-0.2, 0) is 23.0 Å². The fraction of sp³-hybridized carbons (Fsp3) is 0.391. The standard InChI is InChI=1S/C23H28N4O3S/c1-3-26(4-2)31(29,30)19-12-9-17(10-13-19)23(28)24-18-11-14-21-20(16-18)25-22-8-6-5-7-15-27(21)22/h9-14,16H,3-8,15H2,1-2H3,(H,24,28). The molecule has 0 saturated carbocycles. The van der Waals surface area contributed by atoms with Gasteiger partial charge in [0.05, 0.1) is 15.9 Å². The van der Waals surface area contributed by atoms with Crippen LogP contribution in [0.25, 0.3) is 11.0 Å². The van der Waals surface area contributed by atoms with Crippen LogP contribution in [0.2, 0.25) is 0 Å². The van der Waals surface area contributed by atoms with E-state index in [1.54, 1.807) is 26.0 Å². The summed E-state index contributed by atoms with van der Waals surface area (Å²) in [5.74, 6) is 0.827. The number of amides is 1. The van der Waals surface area contributed by atoms with Crippen molar-refractivity contribution in [3.8, 4) is 0 Å². The fourth-order valence-corrected chi connectivity index (χ4v) is 5.58. The van der Waals surface area contributed by atoms with Gasteiger partial charge in [-0.3, -0.25) is 4.79 Å². The van der Waals surface area contributed by atoms with Crippen LogP contribution in [-0.4, -0.2) is 41.3 Å². The second-order valence-corrected chi connectivity index (χ2v) is 9.70. The van der Waals surface area contributed by atoms with Crippen LogP contribution < -0.4 is 5.32 Å². The third-order valence-electron chi connectivity index (χ3n) is 5.83. The number of aromatic nitrogens is 2. The number of nitrogens with zero attached hydrogens (tertiary/aromatic N) is 3. The summed E-state index contributed by atoms with van der Waals surface area (Å²) in [5.41, 5.74) is 3.06. The predicted octanol–water partition coefficient (Wildman–Crippen LogP) is 4.05. The Hall–Kier alpha value is -2.71. The van der Waals surface area contributed by atoms with Crippen LogP contribution in [0, 0.1) is 0 Å². The Balaban J connectivity index is 1.52. The zero-order valence-electron chi connectivity index (χ0n) is 18.0. The molecule has 0 unspecified atom stereocenters. The van der Waals surface area contributed by atoms with E-state index < -0.39 is 10.0 Å². The summed E-state index contributed by atoms with van der Waals surface area (Å²) in [7, 11) is -3.54. The lowest BCUT2D eigenvalue weighted by Gasteiger charge is -2.18. The number of sulfonamides is 1. The largest absolute Gasteiger partial charge is 0.328 e. The van der Waals surface area contributed by atoms with Crippen molar-refractivity contribution in [1.82, 2.24) is 13.9 Å². The van der Waals surface area contributed by atoms with E-state index in [1.807, 2.05) is 18.2 Å². The molecule has 1 N–H and O–H groups in total. The van der Waals surface area contributed by atoms with Crippen molar-refractivity contribution in [2.75, 3.05) is 18.4 Å². The van der Waals surface area contributed by atoms with Gasteiger partial charge in [0.1, 0.15) is 5.82 Å². The maximum absolute atomic E-state index is 12.7. The summed E-state index contributed by atoms with van der Waals surface area (Å²) < 4.78 is 28.9. The number of nitrogens with one attached hydrogen (secondary N) is 1. The minimum atomic E-state index is -3.54. The number of benzene rings is 2. The van der Waals surface area contributed by atoms with Crippen LogP contribution in [0.5, 0.6) is 0 Å². The molecule has 0 radical (unpaired) electrons. The van der Waals surface area contributed by atoms with Crippen molar-refractivity contribution in [3.63, 3.8) is 0 Å². The van der Waals surface area contributed by atoms with Crippen molar-refractivity contribution in [3.05, 3.63) is 53.9 Å². The molecule has 0 fully saturated rings. The minimum Gasteiger partial charge on any atom is -0.328 e. The second kappa shape index (κ2) is 8.80. The summed E-state index contributed by atoms with van der Waals surface area (Å²) in [6, 6.07) is 11.8. The Morgan fingerprint density at radius 1 is 1.06 bits per heavy atom. The number of rotatable bonds is 6. The highest BCUT2D eigenvalue weighted by molar-refractivity contribution is 7.89. The molecule has 2 aromatic carbocycles. The predicted molar refractivity (Wildman–Crippen MR) is 122 cm³/mol. The van der Waals surface area contributed by atoms with Crippen molar-refractivity contribution < 1.29 is 13.2 Å². The number of fused-ring (bicyclic) bond motifs is 3. The quantitative estimate of drug-likeness (QED) is 0.627. The third-order valence-corrected chi connectivity index (χ3v) is 7.89. The van der Waals surface area contributed by atoms with E-state index in [0.29, 0.717) is 24.3 Å². The fourth-order valence-electron chi connectivity index (χ4n) is 4.12. The first-order valence-corrected chi connectivity index (χ1v) is 12.3. The highest BCUT2D eigenvalue weighted by atomic mass is 32.2. The zero-order chi connectivity index (χ0) is 22.0. The Kier molecular flexibility index (Phi) is 6.11. The molecule has 1 aliphatic rings. The number of hydrogen-bond acceptors (Lipinski definition) is 4. The topological polar surface area (TPSA) is 84.3 Å². The van der Waals surface area contributed by atoms with Gasteiger partial charge < -0.3 is 9.88 Å². The number of imidazole rings is 1. The van der Waals surface area contributed by atoms with Gasteiger partial charge in [-0.25, -0.2) is 13.4 Å². The van der Waals surface area contributed by atoms with E-state index in [2.05, 4.69) is 9.88 Å². The molecule has 1 amide bonds. The average molecular weight is 441 g/mol. The van der Waals surface area contributed by atoms with Gasteiger partial charge in [0.2, 0.25) is 10.0 Å². The van der Waals surface area contributed by atoms with Crippen LogP contribution >= 0.6 is 0 Å². The lowest BCUT2D eigenvalue weighted by molar-refractivity contribution is 0.102. The molecule has 0 saturated heterocycles. The average Bonchev–Trinajstić information content (AvgIpc) is 2.94. The number of carbonyl (C=O) groups excluding carboxylic acids is 1. The molecule has 7 nitrogen and oxygen atoms in total. The molecule has 1 aliphatic heterocycles. The SMILES string of the molecule is CCN(CC)S(=O)(=O)c1ccc(C(=O)Nc2ccc3c(c2)nc2n3CCCCC2)cc1. The highest BCUT2D eigenvalue weighted by Crippen LogP contribution is 2.25. The van der Waals surface area contributed by atoms with E-state index in [4.69, 9.17) is 4.98 Å². The van der Waals surface area contributed by atoms with Crippen LogP contribution in [0.1, 0.15) is 49.3 Å². The van der Waals surface area contributed by atoms with Gasteiger partial charge in [-0.15, -0.1) is 0 Å². The van der Waals surface area contributed by atoms with E-state index in [0.717, 1.165) is 42.7 Å². The Morgan fingerprint density at radius 2 is 1.81 bits per heavy atom. The first-order valence-electron chi connectivity index (χ1n) is 10.8. The van der Waals surface area contributed by atoms with Crippen LogP contribution in [0.15, 0.2) is 47.4 Å². The number of hydrogen-bond donors (Lipinski definition) is 1. The molecule has 31 heavy (non-hydrogen) atoms. The Morgan fingerprint density at radius 3 is 2.52 bits per heavy atom. The minimum absolute atomic E-state index is 0.189. The van der Waals surface area contributed by atoms with Gasteiger partial charge >= 0.3 is 0 Å². The second-order valence-electron chi connectivity index (χ2n) is 7.76. The number of aryl methyl sites for hydroxylation is 2. The van der Waals surface area contributed by atoms with Crippen molar-refractivity contribution in [2.24, 2.45) is 0 Å². The third kappa shape index (κ3) is 4.22. The molecular formula is C23H28N4O3S. The summed E-state index contributed by atoms with van der Waals surface area (Å²) in [6.45, 7) is 5.40. The van der Waals surface area contributed by atoms with E-state index in [-0.39, 0.29) is 10.8 Å². The molecule has 0 spiro atoms. The van der Waals surface area contributed by atoms with E-state index in [9.17, 15) is 13.2 Å². The first-order chi connectivity index (χ1) is 14.9. The lowest BCUT2D eigenvalue weighted by atomic mass is 10.2. The van der Waals surface area contributed by atoms with Gasteiger partial charge in [-0.05, 0) is 55.3 Å². The summed E-state index contributed by atoms with van der Waals surface area (Å²) in [5, 5.41) is 2.90. The van der Waals surface area contributed by atoms with Crippen molar-refractivity contribution in [1.29, 1.82) is 0 Å². The molecule has 0 bridgehead atoms. The molecule has 3 aromatic rings. The first kappa shape index (κ1) is 21.5. The lowest BCUT2D eigenvalue weighted by Crippen LogP contribution is -2.30. The monoisotopic (exact) mass is 440 g/mol. The van der Waals surface area contributed by atoms with Crippen LogP contribution in [0.3, 0.4) is 0 Å². The normalized spacial score (nSPS) is 14.4. The van der Waals surface area contributed by atoms with Gasteiger partial charge in [-0.1, -0.05) is 20.3 Å². The Labute approximate surface area is 183 Å². The van der Waals surface area contributed by atoms with Crippen molar-refractivity contribution >= 4 is 32.7 Å². The molecule has 2 heterocycles. The molecular weight excluding hydrogens is 412 g/mol. The van der Waals surface area contributed by atoms with Gasteiger partial charge in [0, 0.05) is 37.3 Å². The van der Waals surface area contributed by atoms with E-state index >= 15 is 0 Å². The molecule has 1 aromatic heterocycles. The van der Waals surface area contributed by atoms with Gasteiger partial charge in [-0.2, -0.15) is 4.31 Å². The number of anilines is 1. The molecule has 0 aliphatic carbocycles. The molecule has 164 valence electrons. The molecule has 4 rings (SSSR count). The maximum atomic E-state index is 12.7. The zero-order valence-corrected chi connectivity index (χ0v) is 18.8. The Bertz CT molecular complexity index is 1200. The van der Waals surface area contributed by atoms with E-state index in [1.165, 1.54) is 22.9 Å². The molecule has 8 heteroatoms. The highest BCUT2D eigenvalue weighted by Gasteiger charge is 2.22. The van der Waals surface area contributed by atoms with Gasteiger partial charge in [0.25, 0.3) is 5.91 Å². The summed E-state index contributed by atoms with van der Waals surface area (Å²) >= 11 is 0. The van der Waals surface area contributed by atoms with Crippen molar-refractivity contribution in [2.45, 2.75) is 51.0 Å². The number of carbonyl (C=O) groups is 1. The smallest absolute Gasteiger partial charge is 0.255 e. The van der Waals surface area contributed by atoms with Gasteiger partial charge in [0.15, 0.2) is 0 Å². The maximum Gasteiger partial charge on any atom is 0.255 e.